The van der Waals surface area contributed by atoms with Crippen molar-refractivity contribution in [1.29, 1.82) is 5.26 Å². The van der Waals surface area contributed by atoms with Gasteiger partial charge in [-0.25, -0.2) is 4.79 Å². The Labute approximate surface area is 116 Å². The van der Waals surface area contributed by atoms with Crippen LogP contribution in [0.25, 0.3) is 0 Å². The molecule has 0 saturated carbocycles. The number of carboxylic acid groups (broad SMARTS) is 1. The Hall–Kier alpha value is -2.55. The summed E-state index contributed by atoms with van der Waals surface area (Å²) in [6.45, 7) is 1.09. The monoisotopic (exact) mass is 273 g/mol. The second-order valence-electron chi connectivity index (χ2n) is 4.74. The van der Waals surface area contributed by atoms with Crippen molar-refractivity contribution in [3.8, 4) is 6.07 Å². The molecule has 2 N–H and O–H groups in total. The molecule has 104 valence electrons. The van der Waals surface area contributed by atoms with Gasteiger partial charge in [0.2, 0.25) is 0 Å². The van der Waals surface area contributed by atoms with Crippen LogP contribution in [0.15, 0.2) is 24.3 Å². The first-order valence-corrected chi connectivity index (χ1v) is 6.35. The molecule has 1 aliphatic heterocycles. The molecule has 0 aromatic heterocycles. The summed E-state index contributed by atoms with van der Waals surface area (Å²) in [6.07, 6.45) is 0.500. The van der Waals surface area contributed by atoms with Gasteiger partial charge in [-0.2, -0.15) is 5.26 Å². The van der Waals surface area contributed by atoms with Crippen molar-refractivity contribution in [3.63, 3.8) is 0 Å². The molecule has 6 nitrogen and oxygen atoms in total. The van der Waals surface area contributed by atoms with Gasteiger partial charge in [-0.15, -0.1) is 0 Å². The number of hydrogen-bond acceptors (Lipinski definition) is 3. The summed E-state index contributed by atoms with van der Waals surface area (Å²) in [5.74, 6) is -1.32. The van der Waals surface area contributed by atoms with E-state index in [1.165, 1.54) is 4.90 Å². The molecule has 2 rings (SSSR count). The Morgan fingerprint density at radius 2 is 2.10 bits per heavy atom. The lowest BCUT2D eigenvalue weighted by atomic mass is 10.1. The van der Waals surface area contributed by atoms with E-state index in [-0.39, 0.29) is 12.6 Å². The Morgan fingerprint density at radius 1 is 1.40 bits per heavy atom. The van der Waals surface area contributed by atoms with Crippen molar-refractivity contribution in [3.05, 3.63) is 35.4 Å². The maximum absolute atomic E-state index is 11.9. The molecule has 1 atom stereocenters. The van der Waals surface area contributed by atoms with Gasteiger partial charge < -0.3 is 15.3 Å². The zero-order chi connectivity index (χ0) is 14.5. The first-order valence-electron chi connectivity index (χ1n) is 6.35. The van der Waals surface area contributed by atoms with E-state index in [2.05, 4.69) is 5.32 Å². The standard InChI is InChI=1S/C14H15N3O3/c15-7-10-1-3-11(4-2-10)8-16-14(20)17-6-5-12(9-17)13(18)19/h1-4,12H,5-6,8-9H2,(H,16,20)(H,18,19). The molecule has 1 unspecified atom stereocenters. The molecule has 1 aliphatic rings. The van der Waals surface area contributed by atoms with Crippen LogP contribution in [0, 0.1) is 17.2 Å². The largest absolute Gasteiger partial charge is 0.481 e. The van der Waals surface area contributed by atoms with E-state index in [1.807, 2.05) is 6.07 Å². The summed E-state index contributed by atoms with van der Waals surface area (Å²) in [6, 6.07) is 8.72. The number of carbonyl (C=O) groups is 2. The molecule has 0 radical (unpaired) electrons. The van der Waals surface area contributed by atoms with Crippen LogP contribution in [0.4, 0.5) is 4.79 Å². The SMILES string of the molecule is N#Cc1ccc(CNC(=O)N2CCC(C(=O)O)C2)cc1. The lowest BCUT2D eigenvalue weighted by Gasteiger charge is -2.16. The molecule has 0 spiro atoms. The number of urea groups is 1. The highest BCUT2D eigenvalue weighted by Crippen LogP contribution is 2.16. The highest BCUT2D eigenvalue weighted by molar-refractivity contribution is 5.77. The third-order valence-electron chi connectivity index (χ3n) is 3.35. The van der Waals surface area contributed by atoms with Crippen molar-refractivity contribution in [2.75, 3.05) is 13.1 Å². The van der Waals surface area contributed by atoms with Crippen LogP contribution in [-0.2, 0) is 11.3 Å². The predicted octanol–water partition coefficient (Wildman–Crippen LogP) is 1.17. The number of nitrogens with one attached hydrogen (secondary N) is 1. The van der Waals surface area contributed by atoms with Gasteiger partial charge >= 0.3 is 12.0 Å². The Kier molecular flexibility index (Phi) is 4.20. The van der Waals surface area contributed by atoms with Gasteiger partial charge in [0.1, 0.15) is 0 Å². The minimum atomic E-state index is -0.854. The number of benzene rings is 1. The van der Waals surface area contributed by atoms with Crippen LogP contribution >= 0.6 is 0 Å². The van der Waals surface area contributed by atoms with Gasteiger partial charge in [-0.05, 0) is 24.1 Å². The molecular formula is C14H15N3O3. The van der Waals surface area contributed by atoms with Gasteiger partial charge in [0.15, 0.2) is 0 Å². The summed E-state index contributed by atoms with van der Waals surface area (Å²) < 4.78 is 0. The summed E-state index contributed by atoms with van der Waals surface area (Å²) in [5, 5.41) is 20.3. The number of carboxylic acids is 1. The average molecular weight is 273 g/mol. The molecule has 0 bridgehead atoms. The number of rotatable bonds is 3. The van der Waals surface area contributed by atoms with Gasteiger partial charge in [0.05, 0.1) is 17.6 Å². The number of nitrogens with zero attached hydrogens (tertiary/aromatic N) is 2. The minimum absolute atomic E-state index is 0.252. The highest BCUT2D eigenvalue weighted by Gasteiger charge is 2.30. The quantitative estimate of drug-likeness (QED) is 0.864. The molecule has 20 heavy (non-hydrogen) atoms. The average Bonchev–Trinajstić information content (AvgIpc) is 2.95. The highest BCUT2D eigenvalue weighted by atomic mass is 16.4. The normalized spacial score (nSPS) is 17.6. The zero-order valence-electron chi connectivity index (χ0n) is 10.9. The molecule has 2 amide bonds. The van der Waals surface area contributed by atoms with Crippen LogP contribution in [0.1, 0.15) is 17.5 Å². The molecule has 1 heterocycles. The van der Waals surface area contributed by atoms with Crippen molar-refractivity contribution < 1.29 is 14.7 Å². The predicted molar refractivity (Wildman–Crippen MR) is 70.7 cm³/mol. The van der Waals surface area contributed by atoms with E-state index in [0.717, 1.165) is 5.56 Å². The molecule has 6 heteroatoms. The number of nitriles is 1. The lowest BCUT2D eigenvalue weighted by Crippen LogP contribution is -2.38. The number of hydrogen-bond donors (Lipinski definition) is 2. The Morgan fingerprint density at radius 3 is 2.65 bits per heavy atom. The van der Waals surface area contributed by atoms with Gasteiger partial charge in [0, 0.05) is 19.6 Å². The van der Waals surface area contributed by atoms with E-state index in [1.54, 1.807) is 24.3 Å². The molecule has 0 aliphatic carbocycles. The van der Waals surface area contributed by atoms with Crippen LogP contribution in [0.2, 0.25) is 0 Å². The maximum atomic E-state index is 11.9. The number of aliphatic carboxylic acids is 1. The third-order valence-corrected chi connectivity index (χ3v) is 3.35. The number of carbonyl (C=O) groups excluding carboxylic acids is 1. The Bertz CT molecular complexity index is 548. The van der Waals surface area contributed by atoms with E-state index < -0.39 is 11.9 Å². The maximum Gasteiger partial charge on any atom is 0.317 e. The van der Waals surface area contributed by atoms with Gasteiger partial charge in [-0.3, -0.25) is 4.79 Å². The van der Waals surface area contributed by atoms with Crippen molar-refractivity contribution >= 4 is 12.0 Å². The zero-order valence-corrected chi connectivity index (χ0v) is 10.9. The van der Waals surface area contributed by atoms with E-state index in [0.29, 0.717) is 25.1 Å². The van der Waals surface area contributed by atoms with Gasteiger partial charge in [0.25, 0.3) is 0 Å². The van der Waals surface area contributed by atoms with Gasteiger partial charge in [-0.1, -0.05) is 12.1 Å². The van der Waals surface area contributed by atoms with E-state index in [9.17, 15) is 9.59 Å². The Balaban J connectivity index is 1.83. The second-order valence-corrected chi connectivity index (χ2v) is 4.74. The first-order chi connectivity index (χ1) is 9.60. The fourth-order valence-electron chi connectivity index (χ4n) is 2.13. The summed E-state index contributed by atoms with van der Waals surface area (Å²) >= 11 is 0. The van der Waals surface area contributed by atoms with E-state index >= 15 is 0 Å². The topological polar surface area (TPSA) is 93.4 Å². The fraction of sp³-hybridized carbons (Fsp3) is 0.357. The van der Waals surface area contributed by atoms with Crippen LogP contribution in [0.3, 0.4) is 0 Å². The third kappa shape index (κ3) is 3.26. The van der Waals surface area contributed by atoms with Crippen molar-refractivity contribution in [1.82, 2.24) is 10.2 Å². The van der Waals surface area contributed by atoms with Crippen molar-refractivity contribution in [2.45, 2.75) is 13.0 Å². The minimum Gasteiger partial charge on any atom is -0.481 e. The molecule has 1 fully saturated rings. The molecule has 1 saturated heterocycles. The summed E-state index contributed by atoms with van der Waals surface area (Å²) in [5.41, 5.74) is 1.47. The lowest BCUT2D eigenvalue weighted by molar-refractivity contribution is -0.141. The summed E-state index contributed by atoms with van der Waals surface area (Å²) in [7, 11) is 0. The fourth-order valence-corrected chi connectivity index (χ4v) is 2.13. The molecular weight excluding hydrogens is 258 g/mol. The summed E-state index contributed by atoms with van der Waals surface area (Å²) in [4.78, 5) is 24.2. The molecule has 1 aromatic carbocycles. The second kappa shape index (κ2) is 6.06. The smallest absolute Gasteiger partial charge is 0.317 e. The van der Waals surface area contributed by atoms with Crippen LogP contribution < -0.4 is 5.32 Å². The van der Waals surface area contributed by atoms with Crippen LogP contribution in [-0.4, -0.2) is 35.1 Å². The first kappa shape index (κ1) is 13.9. The molecule has 1 aromatic rings. The number of likely N-dealkylation sites (tertiary alicyclic amines) is 1. The van der Waals surface area contributed by atoms with E-state index in [4.69, 9.17) is 10.4 Å². The van der Waals surface area contributed by atoms with Crippen LogP contribution in [0.5, 0.6) is 0 Å². The van der Waals surface area contributed by atoms with Crippen molar-refractivity contribution in [2.24, 2.45) is 5.92 Å². The number of amides is 2.